The van der Waals surface area contributed by atoms with Crippen molar-refractivity contribution in [3.63, 3.8) is 0 Å². The Bertz CT molecular complexity index is 969. The molecule has 0 bridgehead atoms. The fourth-order valence-corrected chi connectivity index (χ4v) is 3.94. The van der Waals surface area contributed by atoms with Gasteiger partial charge in [-0.1, -0.05) is 18.2 Å². The summed E-state index contributed by atoms with van der Waals surface area (Å²) in [5.41, 5.74) is 4.12. The number of hydrogen-bond acceptors (Lipinski definition) is 6. The number of nitrogens with one attached hydrogen (secondary N) is 1. The van der Waals surface area contributed by atoms with E-state index in [4.69, 9.17) is 9.72 Å². The second-order valence-electron chi connectivity index (χ2n) is 7.73. The molecule has 30 heavy (non-hydrogen) atoms. The summed E-state index contributed by atoms with van der Waals surface area (Å²) >= 11 is 0. The Balaban J connectivity index is 1.59. The highest BCUT2D eigenvalue weighted by atomic mass is 16.5. The number of ether oxygens (including phenoxy) is 1. The molecule has 0 radical (unpaired) electrons. The van der Waals surface area contributed by atoms with Gasteiger partial charge in [0, 0.05) is 24.0 Å². The monoisotopic (exact) mass is 403 g/mol. The average Bonchev–Trinajstić information content (AvgIpc) is 3.32. The van der Waals surface area contributed by atoms with Gasteiger partial charge in [-0.05, 0) is 69.6 Å². The van der Waals surface area contributed by atoms with Gasteiger partial charge in [-0.25, -0.2) is 9.97 Å². The van der Waals surface area contributed by atoms with Crippen molar-refractivity contribution >= 4 is 5.82 Å². The largest absolute Gasteiger partial charge is 0.497 e. The summed E-state index contributed by atoms with van der Waals surface area (Å²) < 4.78 is 5.34. The second kappa shape index (κ2) is 9.22. The van der Waals surface area contributed by atoms with E-state index in [2.05, 4.69) is 39.2 Å². The fraction of sp³-hybridized carbons (Fsp3) is 0.375. The van der Waals surface area contributed by atoms with E-state index in [1.165, 1.54) is 18.4 Å². The number of pyridine rings is 1. The molecule has 0 amide bonds. The van der Waals surface area contributed by atoms with E-state index in [1.807, 2.05) is 37.3 Å². The lowest BCUT2D eigenvalue weighted by Gasteiger charge is -2.29. The summed E-state index contributed by atoms with van der Waals surface area (Å²) in [4.78, 5) is 16.4. The normalized spacial score (nSPS) is 15.2. The van der Waals surface area contributed by atoms with E-state index in [0.29, 0.717) is 5.82 Å². The van der Waals surface area contributed by atoms with Crippen LogP contribution in [0.3, 0.4) is 0 Å². The molecule has 1 aromatic carbocycles. The van der Waals surface area contributed by atoms with Gasteiger partial charge in [0.2, 0.25) is 0 Å². The van der Waals surface area contributed by atoms with Gasteiger partial charge in [0.05, 0.1) is 13.2 Å². The number of nitrogens with zero attached hydrogens (tertiary/aromatic N) is 4. The second-order valence-corrected chi connectivity index (χ2v) is 7.73. The van der Waals surface area contributed by atoms with E-state index >= 15 is 0 Å². The van der Waals surface area contributed by atoms with Crippen molar-refractivity contribution in [3.05, 3.63) is 65.5 Å². The molecule has 0 spiro atoms. The zero-order valence-corrected chi connectivity index (χ0v) is 17.9. The number of aryl methyl sites for hydroxylation is 1. The van der Waals surface area contributed by atoms with Gasteiger partial charge in [-0.3, -0.25) is 9.88 Å². The van der Waals surface area contributed by atoms with Crippen molar-refractivity contribution < 1.29 is 4.74 Å². The Hall–Kier alpha value is -2.99. The first-order chi connectivity index (χ1) is 14.7. The van der Waals surface area contributed by atoms with Crippen LogP contribution in [0, 0.1) is 13.8 Å². The molecule has 1 unspecified atom stereocenters. The van der Waals surface area contributed by atoms with E-state index in [9.17, 15) is 0 Å². The summed E-state index contributed by atoms with van der Waals surface area (Å²) in [5, 5.41) is 3.62. The van der Waals surface area contributed by atoms with Crippen LogP contribution in [0.15, 0.2) is 48.7 Å². The summed E-state index contributed by atoms with van der Waals surface area (Å²) in [6.07, 6.45) is 4.28. The van der Waals surface area contributed by atoms with Crippen molar-refractivity contribution in [2.24, 2.45) is 0 Å². The third kappa shape index (κ3) is 4.44. The molecule has 1 saturated heterocycles. The lowest BCUT2D eigenvalue weighted by Crippen LogP contribution is -2.31. The van der Waals surface area contributed by atoms with Crippen LogP contribution in [0.2, 0.25) is 0 Å². The van der Waals surface area contributed by atoms with Crippen molar-refractivity contribution in [2.75, 3.05) is 32.1 Å². The Morgan fingerprint density at radius 2 is 1.80 bits per heavy atom. The third-order valence-corrected chi connectivity index (χ3v) is 5.83. The van der Waals surface area contributed by atoms with Gasteiger partial charge in [0.25, 0.3) is 0 Å². The molecule has 1 fully saturated rings. The molecule has 1 atom stereocenters. The van der Waals surface area contributed by atoms with E-state index < -0.39 is 0 Å². The van der Waals surface area contributed by atoms with Crippen LogP contribution < -0.4 is 10.1 Å². The number of hydrogen-bond donors (Lipinski definition) is 1. The predicted molar refractivity (Wildman–Crippen MR) is 120 cm³/mol. The molecule has 2 aromatic heterocycles. The lowest BCUT2D eigenvalue weighted by molar-refractivity contribution is 0.255. The number of rotatable bonds is 7. The van der Waals surface area contributed by atoms with Crippen LogP contribution in [-0.4, -0.2) is 46.6 Å². The average molecular weight is 404 g/mol. The SMILES string of the molecule is COc1ccc(C(CNc2nc(-c3ccccn3)nc(C)c2C)N2CCCC2)cc1. The number of benzene rings is 1. The Kier molecular flexibility index (Phi) is 6.23. The number of anilines is 1. The first-order valence-electron chi connectivity index (χ1n) is 10.5. The molecular weight excluding hydrogens is 374 g/mol. The highest BCUT2D eigenvalue weighted by molar-refractivity contribution is 5.56. The van der Waals surface area contributed by atoms with Crippen LogP contribution in [-0.2, 0) is 0 Å². The predicted octanol–water partition coefficient (Wildman–Crippen LogP) is 4.41. The van der Waals surface area contributed by atoms with Crippen LogP contribution in [0.25, 0.3) is 11.5 Å². The van der Waals surface area contributed by atoms with Crippen LogP contribution >= 0.6 is 0 Å². The maximum Gasteiger partial charge on any atom is 0.180 e. The van der Waals surface area contributed by atoms with Gasteiger partial charge in [-0.2, -0.15) is 0 Å². The summed E-state index contributed by atoms with van der Waals surface area (Å²) in [6, 6.07) is 14.5. The molecule has 156 valence electrons. The molecule has 0 saturated carbocycles. The van der Waals surface area contributed by atoms with E-state index in [-0.39, 0.29) is 6.04 Å². The van der Waals surface area contributed by atoms with E-state index in [0.717, 1.165) is 48.2 Å². The molecule has 3 heterocycles. The third-order valence-electron chi connectivity index (χ3n) is 5.83. The zero-order chi connectivity index (χ0) is 20.9. The van der Waals surface area contributed by atoms with Crippen LogP contribution in [0.5, 0.6) is 5.75 Å². The fourth-order valence-electron chi connectivity index (χ4n) is 3.94. The van der Waals surface area contributed by atoms with Crippen molar-refractivity contribution in [3.8, 4) is 17.3 Å². The van der Waals surface area contributed by atoms with Crippen LogP contribution in [0.1, 0.15) is 35.7 Å². The maximum atomic E-state index is 5.34. The molecule has 3 aromatic rings. The molecule has 1 N–H and O–H groups in total. The molecule has 6 heteroatoms. The molecule has 4 rings (SSSR count). The number of methoxy groups -OCH3 is 1. The van der Waals surface area contributed by atoms with E-state index in [1.54, 1.807) is 13.3 Å². The highest BCUT2D eigenvalue weighted by Gasteiger charge is 2.24. The van der Waals surface area contributed by atoms with Gasteiger partial charge in [-0.15, -0.1) is 0 Å². The molecular formula is C24H29N5O. The quantitative estimate of drug-likeness (QED) is 0.630. The first-order valence-corrected chi connectivity index (χ1v) is 10.5. The maximum absolute atomic E-state index is 5.34. The van der Waals surface area contributed by atoms with Crippen molar-refractivity contribution in [2.45, 2.75) is 32.7 Å². The minimum absolute atomic E-state index is 0.284. The Morgan fingerprint density at radius 3 is 2.47 bits per heavy atom. The minimum atomic E-state index is 0.284. The standard InChI is InChI=1S/C24H29N5O/c1-17-18(2)27-24(21-8-4-5-13-25-21)28-23(17)26-16-22(29-14-6-7-15-29)19-9-11-20(30-3)12-10-19/h4-5,8-13,22H,6-7,14-16H2,1-3H3,(H,26,27,28). The molecule has 6 nitrogen and oxygen atoms in total. The van der Waals surface area contributed by atoms with Gasteiger partial charge < -0.3 is 10.1 Å². The summed E-state index contributed by atoms with van der Waals surface area (Å²) in [6.45, 7) is 7.12. The van der Waals surface area contributed by atoms with Crippen LogP contribution in [0.4, 0.5) is 5.82 Å². The first kappa shape index (κ1) is 20.3. The lowest BCUT2D eigenvalue weighted by atomic mass is 10.0. The minimum Gasteiger partial charge on any atom is -0.497 e. The molecule has 1 aliphatic rings. The smallest absolute Gasteiger partial charge is 0.180 e. The van der Waals surface area contributed by atoms with Gasteiger partial charge in [0.15, 0.2) is 5.82 Å². The Labute approximate surface area is 178 Å². The number of aromatic nitrogens is 3. The molecule has 0 aliphatic carbocycles. The van der Waals surface area contributed by atoms with Crippen molar-refractivity contribution in [1.29, 1.82) is 0 Å². The topological polar surface area (TPSA) is 63.2 Å². The highest BCUT2D eigenvalue weighted by Crippen LogP contribution is 2.28. The van der Waals surface area contributed by atoms with Gasteiger partial charge in [0.1, 0.15) is 17.3 Å². The van der Waals surface area contributed by atoms with Crippen molar-refractivity contribution in [1.82, 2.24) is 19.9 Å². The Morgan fingerprint density at radius 1 is 1.03 bits per heavy atom. The van der Waals surface area contributed by atoms with Gasteiger partial charge >= 0.3 is 0 Å². The zero-order valence-electron chi connectivity index (χ0n) is 17.9. The molecule has 1 aliphatic heterocycles. The summed E-state index contributed by atoms with van der Waals surface area (Å²) in [7, 11) is 1.70. The summed E-state index contributed by atoms with van der Waals surface area (Å²) in [5.74, 6) is 2.42. The number of likely N-dealkylation sites (tertiary alicyclic amines) is 1.